The summed E-state index contributed by atoms with van der Waals surface area (Å²) in [4.78, 5) is 30.4. The molecule has 1 amide bonds. The van der Waals surface area contributed by atoms with Gasteiger partial charge in [-0.2, -0.15) is 0 Å². The molecule has 0 unspecified atom stereocenters. The van der Waals surface area contributed by atoms with Gasteiger partial charge in [-0.05, 0) is 36.8 Å². The van der Waals surface area contributed by atoms with Crippen LogP contribution in [0.1, 0.15) is 15.2 Å². The third kappa shape index (κ3) is 2.44. The van der Waals surface area contributed by atoms with Crippen LogP contribution in [0.2, 0.25) is 0 Å². The molecule has 0 saturated heterocycles. The summed E-state index contributed by atoms with van der Waals surface area (Å²) in [6, 6.07) is 5.24. The molecule has 0 aliphatic carbocycles. The third-order valence-corrected chi connectivity index (χ3v) is 5.45. The van der Waals surface area contributed by atoms with Crippen LogP contribution in [0.5, 0.6) is 0 Å². The topological polar surface area (TPSA) is 92.1 Å². The Morgan fingerprint density at radius 2 is 2.25 bits per heavy atom. The van der Waals surface area contributed by atoms with Gasteiger partial charge in [0.05, 0.1) is 10.3 Å². The van der Waals surface area contributed by atoms with E-state index in [2.05, 4.69) is 20.5 Å². The van der Waals surface area contributed by atoms with E-state index in [1.165, 1.54) is 15.7 Å². The Hall–Kier alpha value is -2.43. The van der Waals surface area contributed by atoms with Gasteiger partial charge in [-0.25, -0.2) is 4.98 Å². The van der Waals surface area contributed by atoms with Gasteiger partial charge in [-0.1, -0.05) is 17.4 Å². The first-order chi connectivity index (χ1) is 11.5. The van der Waals surface area contributed by atoms with Crippen molar-refractivity contribution in [3.63, 3.8) is 0 Å². The maximum absolute atomic E-state index is 12.6. The number of nitrogens with zero attached hydrogens (tertiary/aromatic N) is 3. The number of fused-ring (bicyclic) bond motifs is 2. The first-order valence-corrected chi connectivity index (χ1v) is 8.85. The number of thiophene rings is 1. The summed E-state index contributed by atoms with van der Waals surface area (Å²) in [5.74, 6) is -0.346. The van der Waals surface area contributed by atoms with Gasteiger partial charge in [0.15, 0.2) is 3.95 Å². The van der Waals surface area contributed by atoms with Crippen molar-refractivity contribution >= 4 is 61.8 Å². The summed E-state index contributed by atoms with van der Waals surface area (Å²) < 4.78 is 1.97. The summed E-state index contributed by atoms with van der Waals surface area (Å²) in [5, 5.41) is 9.94. The van der Waals surface area contributed by atoms with Crippen LogP contribution in [0, 0.1) is 10.9 Å². The lowest BCUT2D eigenvalue weighted by Gasteiger charge is -2.02. The molecule has 0 aliphatic rings. The molecule has 4 rings (SSSR count). The van der Waals surface area contributed by atoms with Crippen LogP contribution in [-0.4, -0.2) is 25.5 Å². The molecule has 0 aliphatic heterocycles. The predicted octanol–water partition coefficient (Wildman–Crippen LogP) is 2.98. The van der Waals surface area contributed by atoms with Crippen molar-refractivity contribution in [3.05, 3.63) is 49.1 Å². The molecule has 0 atom stereocenters. The molecule has 120 valence electrons. The Morgan fingerprint density at radius 1 is 1.42 bits per heavy atom. The minimum Gasteiger partial charge on any atom is -0.296 e. The molecule has 0 saturated carbocycles. The van der Waals surface area contributed by atoms with E-state index >= 15 is 0 Å². The number of aromatic nitrogens is 4. The lowest BCUT2D eigenvalue weighted by Crippen LogP contribution is -2.14. The predicted molar refractivity (Wildman–Crippen MR) is 96.8 cm³/mol. The number of carbonyl (C=O) groups excluding carboxylic acids is 1. The lowest BCUT2D eigenvalue weighted by molar-refractivity contribution is 0.103. The molecule has 0 radical (unpaired) electrons. The van der Waals surface area contributed by atoms with Gasteiger partial charge in [0.25, 0.3) is 11.5 Å². The number of rotatable bonds is 2. The van der Waals surface area contributed by atoms with Crippen molar-refractivity contribution in [2.45, 2.75) is 6.92 Å². The normalized spacial score (nSPS) is 11.2. The number of aromatic amines is 1. The summed E-state index contributed by atoms with van der Waals surface area (Å²) >= 11 is 7.27. The molecule has 24 heavy (non-hydrogen) atoms. The van der Waals surface area contributed by atoms with Crippen molar-refractivity contribution in [2.24, 2.45) is 0 Å². The summed E-state index contributed by atoms with van der Waals surface area (Å²) in [5.41, 5.74) is 1.30. The number of carbonyl (C=O) groups is 1. The zero-order valence-corrected chi connectivity index (χ0v) is 14.6. The van der Waals surface area contributed by atoms with Crippen molar-refractivity contribution in [1.82, 2.24) is 19.6 Å². The van der Waals surface area contributed by atoms with E-state index in [-0.39, 0.29) is 11.5 Å². The number of aryl methyl sites for hydroxylation is 1. The number of anilines is 1. The smallest absolute Gasteiger partial charge is 0.267 e. The van der Waals surface area contributed by atoms with Gasteiger partial charge in [0, 0.05) is 6.20 Å². The first-order valence-electron chi connectivity index (χ1n) is 6.81. The standard InChI is InChI=1S/C14H9N5O2S3/c1-6-3-2-4-19-9(6)15-11-7(12(19)21)5-8(23-11)10(20)16-13-17-18-14(22)24-13/h2-5H,1H3,(H,18,22)(H,16,17,20). The molecule has 4 heterocycles. The highest BCUT2D eigenvalue weighted by Gasteiger charge is 2.16. The van der Waals surface area contributed by atoms with Crippen molar-refractivity contribution in [1.29, 1.82) is 0 Å². The molecule has 0 bridgehead atoms. The minimum atomic E-state index is -0.346. The van der Waals surface area contributed by atoms with E-state index in [0.717, 1.165) is 16.9 Å². The Morgan fingerprint density at radius 3 is 3.00 bits per heavy atom. The number of nitrogens with one attached hydrogen (secondary N) is 2. The highest BCUT2D eigenvalue weighted by Crippen LogP contribution is 2.24. The zero-order valence-electron chi connectivity index (χ0n) is 12.2. The van der Waals surface area contributed by atoms with Crippen molar-refractivity contribution in [3.8, 4) is 0 Å². The number of hydrogen-bond acceptors (Lipinski definition) is 7. The zero-order chi connectivity index (χ0) is 16.8. The molecule has 10 heteroatoms. The number of H-pyrrole nitrogens is 1. The van der Waals surface area contributed by atoms with Gasteiger partial charge in [0.1, 0.15) is 10.5 Å². The maximum atomic E-state index is 12.6. The van der Waals surface area contributed by atoms with Crippen molar-refractivity contribution in [2.75, 3.05) is 5.32 Å². The second kappa shape index (κ2) is 5.58. The summed E-state index contributed by atoms with van der Waals surface area (Å²) in [6.07, 6.45) is 1.67. The third-order valence-electron chi connectivity index (χ3n) is 3.41. The maximum Gasteiger partial charge on any atom is 0.267 e. The molecule has 0 aromatic carbocycles. The molecule has 4 aromatic rings. The van der Waals surface area contributed by atoms with Crippen molar-refractivity contribution < 1.29 is 4.79 Å². The molecule has 7 nitrogen and oxygen atoms in total. The molecular formula is C14H9N5O2S3. The van der Waals surface area contributed by atoms with Gasteiger partial charge in [-0.15, -0.1) is 16.4 Å². The Kier molecular flexibility index (Phi) is 3.52. The van der Waals surface area contributed by atoms with E-state index in [4.69, 9.17) is 12.2 Å². The number of hydrogen-bond donors (Lipinski definition) is 2. The van der Waals surface area contributed by atoms with E-state index in [1.807, 2.05) is 13.0 Å². The van der Waals surface area contributed by atoms with E-state index in [1.54, 1.807) is 18.3 Å². The molecule has 4 aromatic heterocycles. The Labute approximate surface area is 147 Å². The van der Waals surface area contributed by atoms with Crippen LogP contribution >= 0.6 is 34.9 Å². The highest BCUT2D eigenvalue weighted by atomic mass is 32.1. The van der Waals surface area contributed by atoms with Crippen LogP contribution in [-0.2, 0) is 0 Å². The van der Waals surface area contributed by atoms with Crippen LogP contribution in [0.15, 0.2) is 29.2 Å². The number of pyridine rings is 1. The van der Waals surface area contributed by atoms with E-state index in [0.29, 0.717) is 29.8 Å². The van der Waals surface area contributed by atoms with Gasteiger partial charge < -0.3 is 0 Å². The second-order valence-corrected chi connectivity index (χ2v) is 7.70. The van der Waals surface area contributed by atoms with Gasteiger partial charge in [0.2, 0.25) is 5.13 Å². The van der Waals surface area contributed by atoms with E-state index < -0.39 is 0 Å². The highest BCUT2D eigenvalue weighted by molar-refractivity contribution is 7.73. The second-order valence-electron chi connectivity index (χ2n) is 5.00. The first kappa shape index (κ1) is 15.1. The molecule has 0 fully saturated rings. The Bertz CT molecular complexity index is 1220. The monoisotopic (exact) mass is 375 g/mol. The number of amides is 1. The molecule has 0 spiro atoms. The Balaban J connectivity index is 1.83. The van der Waals surface area contributed by atoms with Gasteiger partial charge in [-0.3, -0.25) is 24.4 Å². The minimum absolute atomic E-state index is 0.190. The average molecular weight is 375 g/mol. The quantitative estimate of drug-likeness (QED) is 0.526. The fourth-order valence-corrected chi connectivity index (χ4v) is 4.01. The van der Waals surface area contributed by atoms with Crippen LogP contribution in [0.3, 0.4) is 0 Å². The fourth-order valence-electron chi connectivity index (χ4n) is 2.31. The molecule has 2 N–H and O–H groups in total. The largest absolute Gasteiger partial charge is 0.296 e. The SMILES string of the molecule is Cc1cccn2c(=O)c3cc(C(=O)Nc4n[nH]c(=S)s4)sc3nc12. The lowest BCUT2D eigenvalue weighted by atomic mass is 10.3. The average Bonchev–Trinajstić information content (AvgIpc) is 3.15. The summed E-state index contributed by atoms with van der Waals surface area (Å²) in [7, 11) is 0. The van der Waals surface area contributed by atoms with Gasteiger partial charge >= 0.3 is 0 Å². The fraction of sp³-hybridized carbons (Fsp3) is 0.0714. The van der Waals surface area contributed by atoms with Crippen LogP contribution in [0.4, 0.5) is 5.13 Å². The van der Waals surface area contributed by atoms with E-state index in [9.17, 15) is 9.59 Å². The molecular weight excluding hydrogens is 366 g/mol. The van der Waals surface area contributed by atoms with Crippen LogP contribution < -0.4 is 10.9 Å². The van der Waals surface area contributed by atoms with Crippen LogP contribution in [0.25, 0.3) is 15.9 Å². The summed E-state index contributed by atoms with van der Waals surface area (Å²) in [6.45, 7) is 1.89.